The summed E-state index contributed by atoms with van der Waals surface area (Å²) in [4.78, 5) is -0.566. The van der Waals surface area contributed by atoms with Crippen LogP contribution in [-0.4, -0.2) is 21.3 Å². The summed E-state index contributed by atoms with van der Waals surface area (Å²) in [6.45, 7) is 5.65. The van der Waals surface area contributed by atoms with Crippen LogP contribution in [0.15, 0.2) is 54.6 Å². The summed E-state index contributed by atoms with van der Waals surface area (Å²) < 4.78 is 0.0329. The molecule has 1 heterocycles. The van der Waals surface area contributed by atoms with Crippen molar-refractivity contribution in [3.05, 3.63) is 54.6 Å². The number of hydrogen-bond acceptors (Lipinski definition) is 3. The average Bonchev–Trinajstić information content (AvgIpc) is 3.53. The van der Waals surface area contributed by atoms with Crippen LogP contribution in [0.2, 0.25) is 0 Å². The Morgan fingerprint density at radius 2 is 1.14 bits per heavy atom. The SMILES string of the molecule is CCCCCCCCCC12C=CC=CC1(O)S2.CCCCCCCCCCCCNc1ccccc1. The quantitative estimate of drug-likeness (QED) is 0.134. The van der Waals surface area contributed by atoms with Gasteiger partial charge in [0.1, 0.15) is 4.93 Å². The molecule has 1 aromatic rings. The second-order valence-electron chi connectivity index (χ2n) is 10.8. The van der Waals surface area contributed by atoms with E-state index in [-0.39, 0.29) is 4.75 Å². The van der Waals surface area contributed by atoms with Gasteiger partial charge in [-0.15, -0.1) is 11.8 Å². The maximum atomic E-state index is 10.2. The second kappa shape index (κ2) is 19.0. The van der Waals surface area contributed by atoms with Gasteiger partial charge in [-0.2, -0.15) is 0 Å². The number of hydrogen-bond donors (Lipinski definition) is 2. The number of rotatable bonds is 20. The lowest BCUT2D eigenvalue weighted by Crippen LogP contribution is -2.23. The van der Waals surface area contributed by atoms with Gasteiger partial charge >= 0.3 is 0 Å². The Morgan fingerprint density at radius 1 is 0.639 bits per heavy atom. The number of fused-ring (bicyclic) bond motifs is 1. The van der Waals surface area contributed by atoms with E-state index in [1.807, 2.05) is 12.2 Å². The molecule has 1 fully saturated rings. The van der Waals surface area contributed by atoms with Gasteiger partial charge in [-0.3, -0.25) is 0 Å². The molecule has 1 aliphatic heterocycles. The number of para-hydroxylation sites is 1. The number of anilines is 1. The molecule has 1 aromatic carbocycles. The van der Waals surface area contributed by atoms with Gasteiger partial charge in [-0.25, -0.2) is 0 Å². The Bertz CT molecular complexity index is 718. The fourth-order valence-electron chi connectivity index (χ4n) is 5.04. The normalized spacial score (nSPS) is 21.5. The molecule has 2 unspecified atom stereocenters. The summed E-state index contributed by atoms with van der Waals surface area (Å²) >= 11 is 1.70. The lowest BCUT2D eigenvalue weighted by Gasteiger charge is -2.15. The first-order valence-corrected chi connectivity index (χ1v) is 16.1. The Balaban J connectivity index is 0.000000255. The number of benzene rings is 1. The highest BCUT2D eigenvalue weighted by Crippen LogP contribution is 2.67. The minimum Gasteiger partial charge on any atom is -0.385 e. The number of unbranched alkanes of at least 4 members (excludes halogenated alkanes) is 15. The summed E-state index contributed by atoms with van der Waals surface area (Å²) in [6.07, 6.45) is 32.8. The van der Waals surface area contributed by atoms with Gasteiger partial charge in [0, 0.05) is 12.2 Å². The van der Waals surface area contributed by atoms with Crippen LogP contribution in [0.5, 0.6) is 0 Å². The number of aliphatic hydroxyl groups is 1. The number of thioether (sulfide) groups is 1. The molecule has 0 aromatic heterocycles. The molecular weight excluding hydrogens is 458 g/mol. The Labute approximate surface area is 227 Å². The minimum absolute atomic E-state index is 0.0329. The third-order valence-electron chi connectivity index (χ3n) is 7.49. The van der Waals surface area contributed by atoms with E-state index in [4.69, 9.17) is 0 Å². The van der Waals surface area contributed by atoms with Gasteiger partial charge in [0.15, 0.2) is 0 Å². The van der Waals surface area contributed by atoms with Crippen LogP contribution in [0.1, 0.15) is 129 Å². The summed E-state index contributed by atoms with van der Waals surface area (Å²) in [5.41, 5.74) is 1.25. The molecule has 2 N–H and O–H groups in total. The molecule has 204 valence electrons. The van der Waals surface area contributed by atoms with Gasteiger partial charge in [-0.1, -0.05) is 153 Å². The summed E-state index contributed by atoms with van der Waals surface area (Å²) in [5, 5.41) is 13.7. The van der Waals surface area contributed by atoms with E-state index in [1.54, 1.807) is 11.8 Å². The highest BCUT2D eigenvalue weighted by molar-refractivity contribution is 8.09. The van der Waals surface area contributed by atoms with Gasteiger partial charge in [-0.05, 0) is 31.1 Å². The molecule has 0 bridgehead atoms. The van der Waals surface area contributed by atoms with Gasteiger partial charge in [0.2, 0.25) is 0 Å². The highest BCUT2D eigenvalue weighted by atomic mass is 32.2. The molecule has 0 amide bonds. The first-order chi connectivity index (χ1) is 17.7. The Hall–Kier alpha value is -1.19. The molecule has 0 saturated carbocycles. The van der Waals surface area contributed by atoms with E-state index >= 15 is 0 Å². The maximum absolute atomic E-state index is 10.2. The fourth-order valence-corrected chi connectivity index (χ4v) is 6.32. The van der Waals surface area contributed by atoms with Crippen molar-refractivity contribution in [2.24, 2.45) is 0 Å². The van der Waals surface area contributed by atoms with Gasteiger partial charge in [0.05, 0.1) is 4.75 Å². The molecular formula is C33H55NOS. The van der Waals surface area contributed by atoms with Crippen molar-refractivity contribution in [1.29, 1.82) is 0 Å². The average molecular weight is 514 g/mol. The van der Waals surface area contributed by atoms with Crippen LogP contribution in [0.4, 0.5) is 5.69 Å². The smallest absolute Gasteiger partial charge is 0.148 e. The predicted molar refractivity (Wildman–Crippen MR) is 163 cm³/mol. The van der Waals surface area contributed by atoms with Crippen LogP contribution < -0.4 is 5.32 Å². The monoisotopic (exact) mass is 513 g/mol. The molecule has 1 aliphatic carbocycles. The molecule has 1 saturated heterocycles. The molecule has 3 heteroatoms. The summed E-state index contributed by atoms with van der Waals surface area (Å²) in [5.74, 6) is 0. The zero-order valence-electron chi connectivity index (χ0n) is 23.5. The largest absolute Gasteiger partial charge is 0.385 e. The predicted octanol–water partition coefficient (Wildman–Crippen LogP) is 10.4. The molecule has 2 atom stereocenters. The third kappa shape index (κ3) is 12.4. The van der Waals surface area contributed by atoms with Crippen molar-refractivity contribution in [3.8, 4) is 0 Å². The Kier molecular flexibility index (Phi) is 16.3. The van der Waals surface area contributed by atoms with E-state index in [1.165, 1.54) is 115 Å². The van der Waals surface area contributed by atoms with Crippen LogP contribution >= 0.6 is 11.8 Å². The topological polar surface area (TPSA) is 32.3 Å². The number of nitrogens with one attached hydrogen (secondary N) is 1. The lowest BCUT2D eigenvalue weighted by molar-refractivity contribution is 0.193. The standard InChI is InChI=1S/C18H31N.C15H24OS/c1-2-3-4-5-6-7-8-9-10-14-17-19-18-15-12-11-13-16-18;1-2-3-4-5-6-7-8-11-14-12-9-10-13-15(14,16)17-14/h11-13,15-16,19H,2-10,14,17H2,1H3;9-10,12-13,16H,2-8,11H2,1H3. The van der Waals surface area contributed by atoms with E-state index in [0.717, 1.165) is 13.0 Å². The van der Waals surface area contributed by atoms with Gasteiger partial charge < -0.3 is 10.4 Å². The Morgan fingerprint density at radius 3 is 1.69 bits per heavy atom. The molecule has 36 heavy (non-hydrogen) atoms. The van der Waals surface area contributed by atoms with Crippen LogP contribution in [-0.2, 0) is 0 Å². The molecule has 0 radical (unpaired) electrons. The second-order valence-corrected chi connectivity index (χ2v) is 12.3. The van der Waals surface area contributed by atoms with Crippen molar-refractivity contribution in [3.63, 3.8) is 0 Å². The fraction of sp³-hybridized carbons (Fsp3) is 0.697. The van der Waals surface area contributed by atoms with Crippen molar-refractivity contribution in [2.75, 3.05) is 11.9 Å². The van der Waals surface area contributed by atoms with Crippen molar-refractivity contribution < 1.29 is 5.11 Å². The molecule has 3 rings (SSSR count). The van der Waals surface area contributed by atoms with Crippen molar-refractivity contribution in [2.45, 2.75) is 139 Å². The van der Waals surface area contributed by atoms with Crippen LogP contribution in [0.3, 0.4) is 0 Å². The van der Waals surface area contributed by atoms with E-state index in [9.17, 15) is 5.11 Å². The summed E-state index contributed by atoms with van der Waals surface area (Å²) in [7, 11) is 0. The van der Waals surface area contributed by atoms with Crippen LogP contribution in [0, 0.1) is 0 Å². The van der Waals surface area contributed by atoms with Crippen molar-refractivity contribution in [1.82, 2.24) is 0 Å². The minimum atomic E-state index is -0.566. The molecule has 0 spiro atoms. The first-order valence-electron chi connectivity index (χ1n) is 15.2. The van der Waals surface area contributed by atoms with E-state index in [2.05, 4.69) is 61.6 Å². The van der Waals surface area contributed by atoms with E-state index < -0.39 is 4.93 Å². The molecule has 2 aliphatic rings. The van der Waals surface area contributed by atoms with Gasteiger partial charge in [0.25, 0.3) is 0 Å². The maximum Gasteiger partial charge on any atom is 0.148 e. The van der Waals surface area contributed by atoms with Crippen molar-refractivity contribution >= 4 is 17.4 Å². The number of allylic oxidation sites excluding steroid dienone is 2. The zero-order chi connectivity index (χ0) is 25.8. The summed E-state index contributed by atoms with van der Waals surface area (Å²) in [6, 6.07) is 10.5. The highest BCUT2D eigenvalue weighted by Gasteiger charge is 2.65. The van der Waals surface area contributed by atoms with E-state index in [0.29, 0.717) is 0 Å². The third-order valence-corrected chi connectivity index (χ3v) is 9.11. The zero-order valence-corrected chi connectivity index (χ0v) is 24.3. The lowest BCUT2D eigenvalue weighted by atomic mass is 9.92. The van der Waals surface area contributed by atoms with Crippen LogP contribution in [0.25, 0.3) is 0 Å². The first kappa shape index (κ1) is 31.0. The molecule has 2 nitrogen and oxygen atoms in total.